The van der Waals surface area contributed by atoms with Crippen molar-refractivity contribution in [2.75, 3.05) is 26.3 Å². The minimum Gasteiger partial charge on any atom is -0.389 e. The van der Waals surface area contributed by atoms with Crippen LogP contribution in [0.5, 0.6) is 0 Å². The number of nitrogens with two attached hydrogens (primary N) is 1. The molecule has 0 aromatic rings. The van der Waals surface area contributed by atoms with E-state index in [1.54, 1.807) is 0 Å². The van der Waals surface area contributed by atoms with Gasteiger partial charge < -0.3 is 15.6 Å². The number of likely N-dealkylation sites (tertiary alicyclic amines) is 1. The molecule has 0 bridgehead atoms. The molecule has 1 amide bonds. The molecule has 5 heteroatoms. The molecule has 1 rings (SSSR count). The summed E-state index contributed by atoms with van der Waals surface area (Å²) in [5.74, 6) is -0.313. The van der Waals surface area contributed by atoms with Gasteiger partial charge >= 0.3 is 0 Å². The van der Waals surface area contributed by atoms with E-state index in [0.29, 0.717) is 32.3 Å². The van der Waals surface area contributed by atoms with Gasteiger partial charge in [0.1, 0.15) is 0 Å². The Balaban J connectivity index is 2.41. The summed E-state index contributed by atoms with van der Waals surface area (Å²) in [4.78, 5) is 13.3. The number of hydrogen-bond acceptors (Lipinski definition) is 4. The lowest BCUT2D eigenvalue weighted by molar-refractivity contribution is -0.124. The van der Waals surface area contributed by atoms with Crippen molar-refractivity contribution in [1.29, 1.82) is 0 Å². The molecule has 100 valence electrons. The summed E-state index contributed by atoms with van der Waals surface area (Å²) in [6, 6.07) is 0.391. The van der Waals surface area contributed by atoms with E-state index in [1.165, 1.54) is 0 Å². The van der Waals surface area contributed by atoms with Crippen molar-refractivity contribution in [3.8, 4) is 0 Å². The van der Waals surface area contributed by atoms with Gasteiger partial charge in [0.05, 0.1) is 18.6 Å². The maximum Gasteiger partial charge on any atom is 0.221 e. The van der Waals surface area contributed by atoms with E-state index < -0.39 is 6.10 Å². The molecule has 3 unspecified atom stereocenters. The van der Waals surface area contributed by atoms with Gasteiger partial charge in [0.2, 0.25) is 5.91 Å². The summed E-state index contributed by atoms with van der Waals surface area (Å²) in [6.07, 6.45) is 1.31. The number of rotatable bonds is 6. The van der Waals surface area contributed by atoms with Gasteiger partial charge in [-0.25, -0.2) is 0 Å². The predicted octanol–water partition coefficient (Wildman–Crippen LogP) is -0.0304. The Morgan fingerprint density at radius 2 is 2.29 bits per heavy atom. The molecule has 0 radical (unpaired) electrons. The van der Waals surface area contributed by atoms with Crippen LogP contribution in [0.15, 0.2) is 0 Å². The maximum absolute atomic E-state index is 11.2. The highest BCUT2D eigenvalue weighted by Crippen LogP contribution is 2.21. The van der Waals surface area contributed by atoms with E-state index in [-0.39, 0.29) is 11.8 Å². The van der Waals surface area contributed by atoms with Crippen molar-refractivity contribution >= 4 is 5.91 Å². The first-order valence-electron chi connectivity index (χ1n) is 6.33. The van der Waals surface area contributed by atoms with E-state index in [2.05, 4.69) is 11.8 Å². The van der Waals surface area contributed by atoms with Crippen LogP contribution in [0.3, 0.4) is 0 Å². The Kier molecular flexibility index (Phi) is 5.88. The minimum absolute atomic E-state index is 0.0782. The fraction of sp³-hybridized carbons (Fsp3) is 0.917. The Labute approximate surface area is 103 Å². The van der Waals surface area contributed by atoms with Crippen LogP contribution in [-0.2, 0) is 9.53 Å². The first-order valence-corrected chi connectivity index (χ1v) is 6.33. The summed E-state index contributed by atoms with van der Waals surface area (Å²) in [5.41, 5.74) is 5.33. The van der Waals surface area contributed by atoms with Gasteiger partial charge in [-0.1, -0.05) is 0 Å². The Bertz CT molecular complexity index is 248. The van der Waals surface area contributed by atoms with Gasteiger partial charge in [0.25, 0.3) is 0 Å². The molecule has 0 spiro atoms. The third kappa shape index (κ3) is 4.61. The van der Waals surface area contributed by atoms with Gasteiger partial charge in [-0.2, -0.15) is 0 Å². The van der Waals surface area contributed by atoms with Crippen LogP contribution >= 0.6 is 0 Å². The van der Waals surface area contributed by atoms with Crippen LogP contribution in [0.1, 0.15) is 26.7 Å². The number of aliphatic hydroxyl groups excluding tert-OH is 1. The lowest BCUT2D eigenvalue weighted by Crippen LogP contribution is -2.49. The molecule has 1 fully saturated rings. The molecule has 1 saturated heterocycles. The quantitative estimate of drug-likeness (QED) is 0.688. The standard InChI is InChI=1S/C12H24N2O3/c1-3-17-8-11(15)7-14-6-10(12(13)16)5-4-9(14)2/h9-11,15H,3-8H2,1-2H3,(H2,13,16). The summed E-state index contributed by atoms with van der Waals surface area (Å²) in [7, 11) is 0. The number of hydrogen-bond donors (Lipinski definition) is 2. The summed E-state index contributed by atoms with van der Waals surface area (Å²) >= 11 is 0. The third-order valence-corrected chi connectivity index (χ3v) is 3.37. The highest BCUT2D eigenvalue weighted by atomic mass is 16.5. The minimum atomic E-state index is -0.496. The fourth-order valence-electron chi connectivity index (χ4n) is 2.24. The van der Waals surface area contributed by atoms with Crippen LogP contribution in [0.2, 0.25) is 0 Å². The van der Waals surface area contributed by atoms with Gasteiger partial charge in [-0.15, -0.1) is 0 Å². The fourth-order valence-corrected chi connectivity index (χ4v) is 2.24. The average molecular weight is 244 g/mol. The van der Waals surface area contributed by atoms with Crippen LogP contribution < -0.4 is 5.73 Å². The lowest BCUT2D eigenvalue weighted by Gasteiger charge is -2.37. The summed E-state index contributed by atoms with van der Waals surface area (Å²) in [5, 5.41) is 9.79. The monoisotopic (exact) mass is 244 g/mol. The number of β-amino-alcohol motifs (C(OH)–C–C–N with tert-alkyl or cyclic N) is 1. The molecule has 1 heterocycles. The average Bonchev–Trinajstić information content (AvgIpc) is 2.29. The number of aliphatic hydroxyl groups is 1. The second-order valence-electron chi connectivity index (χ2n) is 4.79. The molecule has 0 saturated carbocycles. The third-order valence-electron chi connectivity index (χ3n) is 3.37. The Morgan fingerprint density at radius 1 is 1.59 bits per heavy atom. The number of primary amides is 1. The molecule has 17 heavy (non-hydrogen) atoms. The van der Waals surface area contributed by atoms with Crippen LogP contribution in [0.25, 0.3) is 0 Å². The lowest BCUT2D eigenvalue weighted by atomic mass is 9.93. The number of carbonyl (C=O) groups excluding carboxylic acids is 1. The van der Waals surface area contributed by atoms with Crippen LogP contribution in [0.4, 0.5) is 0 Å². The predicted molar refractivity (Wildman–Crippen MR) is 65.5 cm³/mol. The number of piperidine rings is 1. The van der Waals surface area contributed by atoms with Crippen molar-refractivity contribution in [3.05, 3.63) is 0 Å². The van der Waals surface area contributed by atoms with Crippen LogP contribution in [0, 0.1) is 5.92 Å². The van der Waals surface area contributed by atoms with E-state index >= 15 is 0 Å². The van der Waals surface area contributed by atoms with Crippen molar-refractivity contribution in [3.63, 3.8) is 0 Å². The van der Waals surface area contributed by atoms with Gasteiger partial charge in [0, 0.05) is 25.7 Å². The van der Waals surface area contributed by atoms with Gasteiger partial charge in [-0.3, -0.25) is 9.69 Å². The summed E-state index contributed by atoms with van der Waals surface area (Å²) < 4.78 is 5.18. The molecular formula is C12H24N2O3. The van der Waals surface area contributed by atoms with E-state index in [0.717, 1.165) is 12.8 Å². The Hall–Kier alpha value is -0.650. The van der Waals surface area contributed by atoms with Crippen molar-refractivity contribution in [1.82, 2.24) is 4.90 Å². The first kappa shape index (κ1) is 14.4. The molecule has 1 aliphatic heterocycles. The normalized spacial score (nSPS) is 27.9. The first-order chi connectivity index (χ1) is 8.04. The van der Waals surface area contributed by atoms with E-state index in [1.807, 2.05) is 6.92 Å². The smallest absolute Gasteiger partial charge is 0.221 e. The van der Waals surface area contributed by atoms with Crippen molar-refractivity contribution in [2.45, 2.75) is 38.8 Å². The molecule has 0 aromatic carbocycles. The molecule has 1 aliphatic rings. The van der Waals surface area contributed by atoms with E-state index in [9.17, 15) is 9.90 Å². The highest BCUT2D eigenvalue weighted by molar-refractivity contribution is 5.76. The molecule has 0 aliphatic carbocycles. The van der Waals surface area contributed by atoms with Gasteiger partial charge in [0.15, 0.2) is 0 Å². The summed E-state index contributed by atoms with van der Waals surface area (Å²) in [6.45, 7) is 6.17. The highest BCUT2D eigenvalue weighted by Gasteiger charge is 2.29. The molecular weight excluding hydrogens is 220 g/mol. The number of ether oxygens (including phenoxy) is 1. The molecule has 3 atom stereocenters. The zero-order chi connectivity index (χ0) is 12.8. The van der Waals surface area contributed by atoms with E-state index in [4.69, 9.17) is 10.5 Å². The van der Waals surface area contributed by atoms with Crippen LogP contribution in [-0.4, -0.2) is 54.4 Å². The molecule has 0 aromatic heterocycles. The topological polar surface area (TPSA) is 75.8 Å². The number of nitrogens with zero attached hydrogens (tertiary/aromatic N) is 1. The second kappa shape index (κ2) is 6.93. The largest absolute Gasteiger partial charge is 0.389 e. The molecule has 5 nitrogen and oxygen atoms in total. The number of amides is 1. The van der Waals surface area contributed by atoms with Crippen molar-refractivity contribution < 1.29 is 14.6 Å². The SMILES string of the molecule is CCOCC(O)CN1CC(C(N)=O)CCC1C. The molecule has 3 N–H and O–H groups in total. The second-order valence-corrected chi connectivity index (χ2v) is 4.79. The maximum atomic E-state index is 11.2. The Morgan fingerprint density at radius 3 is 2.88 bits per heavy atom. The number of carbonyl (C=O) groups is 1. The van der Waals surface area contributed by atoms with Gasteiger partial charge in [-0.05, 0) is 26.7 Å². The van der Waals surface area contributed by atoms with Crippen molar-refractivity contribution in [2.24, 2.45) is 11.7 Å². The zero-order valence-electron chi connectivity index (χ0n) is 10.8. The zero-order valence-corrected chi connectivity index (χ0v) is 10.8.